The summed E-state index contributed by atoms with van der Waals surface area (Å²) in [6.45, 7) is 4.18. The van der Waals surface area contributed by atoms with Crippen molar-refractivity contribution >= 4 is 34.9 Å². The summed E-state index contributed by atoms with van der Waals surface area (Å²) in [6, 6.07) is 8.87. The van der Waals surface area contributed by atoms with Gasteiger partial charge in [-0.05, 0) is 68.8 Å². The largest absolute Gasteiger partial charge is 0.495 e. The van der Waals surface area contributed by atoms with Crippen molar-refractivity contribution in [2.24, 2.45) is 5.92 Å². The Balaban J connectivity index is 1.42. The summed E-state index contributed by atoms with van der Waals surface area (Å²) in [5.41, 5.74) is 1.62. The van der Waals surface area contributed by atoms with Gasteiger partial charge in [-0.3, -0.25) is 9.59 Å². The zero-order valence-electron chi connectivity index (χ0n) is 17.3. The number of nitrogens with zero attached hydrogens (tertiary/aromatic N) is 2. The van der Waals surface area contributed by atoms with Gasteiger partial charge < -0.3 is 20.3 Å². The molecule has 0 saturated carbocycles. The molecule has 1 fully saturated rings. The zero-order valence-corrected chi connectivity index (χ0v) is 18.0. The molecule has 1 aromatic heterocycles. The normalized spacial score (nSPS) is 14.9. The minimum absolute atomic E-state index is 0.0125. The number of carbonyl (C=O) groups is 2. The van der Waals surface area contributed by atoms with Gasteiger partial charge in [-0.2, -0.15) is 0 Å². The summed E-state index contributed by atoms with van der Waals surface area (Å²) < 4.78 is 5.25. The molecule has 0 unspecified atom stereocenters. The number of amides is 2. The number of halogens is 1. The fourth-order valence-corrected chi connectivity index (χ4v) is 3.67. The van der Waals surface area contributed by atoms with Crippen LogP contribution in [0.15, 0.2) is 36.5 Å². The molecule has 0 radical (unpaired) electrons. The fraction of sp³-hybridized carbons (Fsp3) is 0.409. The van der Waals surface area contributed by atoms with E-state index in [1.54, 1.807) is 31.5 Å². The van der Waals surface area contributed by atoms with Gasteiger partial charge in [0.2, 0.25) is 11.8 Å². The second kappa shape index (κ2) is 10.4. The number of aryl methyl sites for hydroxylation is 1. The van der Waals surface area contributed by atoms with E-state index in [-0.39, 0.29) is 17.7 Å². The van der Waals surface area contributed by atoms with Gasteiger partial charge in [0.05, 0.1) is 12.8 Å². The lowest BCUT2D eigenvalue weighted by Crippen LogP contribution is -2.39. The van der Waals surface area contributed by atoms with Crippen molar-refractivity contribution in [3.63, 3.8) is 0 Å². The predicted molar refractivity (Wildman–Crippen MR) is 118 cm³/mol. The van der Waals surface area contributed by atoms with Crippen molar-refractivity contribution in [3.05, 3.63) is 47.1 Å². The Hall–Kier alpha value is -2.64. The molecule has 0 bridgehead atoms. The van der Waals surface area contributed by atoms with Crippen LogP contribution in [-0.4, -0.2) is 48.4 Å². The smallest absolute Gasteiger partial charge is 0.228 e. The number of carbonyl (C=O) groups excluding carboxylic acids is 2. The molecule has 7 nitrogen and oxygen atoms in total. The Labute approximate surface area is 181 Å². The van der Waals surface area contributed by atoms with E-state index in [9.17, 15) is 9.59 Å². The Morgan fingerprint density at radius 3 is 2.67 bits per heavy atom. The molecule has 0 spiro atoms. The molecule has 0 atom stereocenters. The fourth-order valence-electron chi connectivity index (χ4n) is 3.50. The van der Waals surface area contributed by atoms with Crippen molar-refractivity contribution in [2.45, 2.75) is 26.2 Å². The standard InChI is InChI=1S/C22H27ClN4O3/c1-15-5-9-24-20(13-15)26-22(29)16-6-10-27(11-7-16)12-8-21(28)25-18-14-17(23)3-4-19(18)30-2/h3-5,9,13-14,16H,6-8,10-12H2,1-2H3,(H,25,28)(H,24,26,29). The maximum atomic E-state index is 12.5. The average molecular weight is 431 g/mol. The van der Waals surface area contributed by atoms with Crippen LogP contribution in [0, 0.1) is 12.8 Å². The molecule has 2 amide bonds. The Kier molecular flexibility index (Phi) is 7.65. The van der Waals surface area contributed by atoms with E-state index in [1.165, 1.54) is 0 Å². The number of hydrogen-bond acceptors (Lipinski definition) is 5. The van der Waals surface area contributed by atoms with Gasteiger partial charge in [0.15, 0.2) is 0 Å². The number of hydrogen-bond donors (Lipinski definition) is 2. The minimum Gasteiger partial charge on any atom is -0.495 e. The van der Waals surface area contributed by atoms with Crippen LogP contribution in [0.2, 0.25) is 5.02 Å². The van der Waals surface area contributed by atoms with E-state index in [4.69, 9.17) is 16.3 Å². The van der Waals surface area contributed by atoms with Crippen molar-refractivity contribution < 1.29 is 14.3 Å². The number of nitrogens with one attached hydrogen (secondary N) is 2. The molecule has 1 aliphatic rings. The molecule has 160 valence electrons. The number of rotatable bonds is 7. The van der Waals surface area contributed by atoms with Gasteiger partial charge in [0, 0.05) is 30.1 Å². The third-order valence-electron chi connectivity index (χ3n) is 5.22. The number of anilines is 2. The molecule has 0 aliphatic carbocycles. The number of methoxy groups -OCH3 is 1. The van der Waals surface area contributed by atoms with Crippen LogP contribution in [0.3, 0.4) is 0 Å². The first kappa shape index (κ1) is 22.1. The van der Waals surface area contributed by atoms with Crippen LogP contribution in [0.5, 0.6) is 5.75 Å². The molecule has 1 aliphatic heterocycles. The van der Waals surface area contributed by atoms with Gasteiger partial charge in [0.25, 0.3) is 0 Å². The molecule has 1 saturated heterocycles. The van der Waals surface area contributed by atoms with Crippen molar-refractivity contribution in [1.29, 1.82) is 0 Å². The third-order valence-corrected chi connectivity index (χ3v) is 5.45. The van der Waals surface area contributed by atoms with Crippen LogP contribution in [0.4, 0.5) is 11.5 Å². The first-order chi connectivity index (χ1) is 14.4. The van der Waals surface area contributed by atoms with Crippen LogP contribution in [0.25, 0.3) is 0 Å². The number of piperidine rings is 1. The number of aromatic nitrogens is 1. The number of likely N-dealkylation sites (tertiary alicyclic amines) is 1. The van der Waals surface area contributed by atoms with Gasteiger partial charge >= 0.3 is 0 Å². The second-order valence-corrected chi connectivity index (χ2v) is 7.90. The lowest BCUT2D eigenvalue weighted by molar-refractivity contribution is -0.121. The van der Waals surface area contributed by atoms with Crippen molar-refractivity contribution in [1.82, 2.24) is 9.88 Å². The minimum atomic E-state index is -0.0963. The van der Waals surface area contributed by atoms with E-state index < -0.39 is 0 Å². The van der Waals surface area contributed by atoms with E-state index in [0.29, 0.717) is 35.2 Å². The van der Waals surface area contributed by atoms with Gasteiger partial charge in [0.1, 0.15) is 11.6 Å². The van der Waals surface area contributed by atoms with Crippen molar-refractivity contribution in [3.8, 4) is 5.75 Å². The highest BCUT2D eigenvalue weighted by Crippen LogP contribution is 2.28. The lowest BCUT2D eigenvalue weighted by atomic mass is 9.96. The van der Waals surface area contributed by atoms with E-state index in [2.05, 4.69) is 20.5 Å². The van der Waals surface area contributed by atoms with Crippen LogP contribution < -0.4 is 15.4 Å². The van der Waals surface area contributed by atoms with Crippen molar-refractivity contribution in [2.75, 3.05) is 37.4 Å². The molecular formula is C22H27ClN4O3. The number of benzene rings is 1. The Bertz CT molecular complexity index is 898. The molecule has 1 aromatic carbocycles. The highest BCUT2D eigenvalue weighted by atomic mass is 35.5. The summed E-state index contributed by atoms with van der Waals surface area (Å²) in [7, 11) is 1.55. The molecule has 3 rings (SSSR count). The topological polar surface area (TPSA) is 83.6 Å². The first-order valence-electron chi connectivity index (χ1n) is 10.0. The van der Waals surface area contributed by atoms with E-state index in [1.807, 2.05) is 19.1 Å². The zero-order chi connectivity index (χ0) is 21.5. The third kappa shape index (κ3) is 6.18. The number of pyridine rings is 1. The second-order valence-electron chi connectivity index (χ2n) is 7.47. The van der Waals surface area contributed by atoms with Gasteiger partial charge in [-0.25, -0.2) is 4.98 Å². The summed E-state index contributed by atoms with van der Waals surface area (Å²) in [6.07, 6.45) is 3.58. The van der Waals surface area contributed by atoms with Gasteiger partial charge in [-0.1, -0.05) is 11.6 Å². The molecule has 2 aromatic rings. The van der Waals surface area contributed by atoms with E-state index in [0.717, 1.165) is 31.5 Å². The molecule has 2 heterocycles. The molecule has 2 N–H and O–H groups in total. The molecular weight excluding hydrogens is 404 g/mol. The highest BCUT2D eigenvalue weighted by Gasteiger charge is 2.25. The van der Waals surface area contributed by atoms with Crippen LogP contribution in [-0.2, 0) is 9.59 Å². The molecule has 30 heavy (non-hydrogen) atoms. The maximum absolute atomic E-state index is 12.5. The SMILES string of the molecule is COc1ccc(Cl)cc1NC(=O)CCN1CCC(C(=O)Nc2cc(C)ccn2)CC1. The maximum Gasteiger partial charge on any atom is 0.228 e. The summed E-state index contributed by atoms with van der Waals surface area (Å²) in [4.78, 5) is 31.2. The van der Waals surface area contributed by atoms with Crippen LogP contribution in [0.1, 0.15) is 24.8 Å². The summed E-state index contributed by atoms with van der Waals surface area (Å²) in [5, 5.41) is 6.29. The van der Waals surface area contributed by atoms with E-state index >= 15 is 0 Å². The lowest BCUT2D eigenvalue weighted by Gasteiger charge is -2.31. The monoisotopic (exact) mass is 430 g/mol. The summed E-state index contributed by atoms with van der Waals surface area (Å²) >= 11 is 6.00. The van der Waals surface area contributed by atoms with Gasteiger partial charge in [-0.15, -0.1) is 0 Å². The molecule has 8 heteroatoms. The quantitative estimate of drug-likeness (QED) is 0.699. The van der Waals surface area contributed by atoms with Crippen LogP contribution >= 0.6 is 11.6 Å². The first-order valence-corrected chi connectivity index (χ1v) is 10.4. The average Bonchev–Trinajstić information content (AvgIpc) is 2.73. The number of ether oxygens (including phenoxy) is 1. The Morgan fingerprint density at radius 2 is 1.97 bits per heavy atom. The summed E-state index contributed by atoms with van der Waals surface area (Å²) in [5.74, 6) is 1.05. The Morgan fingerprint density at radius 1 is 1.20 bits per heavy atom. The predicted octanol–water partition coefficient (Wildman–Crippen LogP) is 3.73. The highest BCUT2D eigenvalue weighted by molar-refractivity contribution is 6.31.